The van der Waals surface area contributed by atoms with Gasteiger partial charge in [-0.15, -0.1) is 0 Å². The van der Waals surface area contributed by atoms with Crippen molar-refractivity contribution in [3.05, 3.63) is 11.6 Å². The van der Waals surface area contributed by atoms with Crippen LogP contribution < -0.4 is 0 Å². The Morgan fingerprint density at radius 2 is 1.88 bits per heavy atom. The van der Waals surface area contributed by atoms with Crippen LogP contribution in [-0.2, 0) is 9.59 Å². The Morgan fingerprint density at radius 3 is 2.62 bits per heavy atom. The Hall–Kier alpha value is -0.920. The van der Waals surface area contributed by atoms with E-state index in [2.05, 4.69) is 13.8 Å². The van der Waals surface area contributed by atoms with Crippen molar-refractivity contribution in [2.24, 2.45) is 34.5 Å². The fourth-order valence-corrected chi connectivity index (χ4v) is 7.33. The van der Waals surface area contributed by atoms with Gasteiger partial charge in [-0.3, -0.25) is 9.59 Å². The molecule has 2 nitrogen and oxygen atoms in total. The minimum atomic E-state index is 0.246. The fourth-order valence-electron chi connectivity index (χ4n) is 7.33. The molecule has 6 atom stereocenters. The molecule has 0 radical (unpaired) electrons. The predicted octanol–water partition coefficient (Wildman–Crippen LogP) is 5.11. The summed E-state index contributed by atoms with van der Waals surface area (Å²) in [6, 6.07) is 0. The first-order valence-corrected chi connectivity index (χ1v) is 10.2. The minimum absolute atomic E-state index is 0.246. The third kappa shape index (κ3) is 2.14. The third-order valence-electron chi connectivity index (χ3n) is 8.70. The van der Waals surface area contributed by atoms with Crippen LogP contribution in [0.4, 0.5) is 0 Å². The lowest BCUT2D eigenvalue weighted by atomic mass is 9.46. The van der Waals surface area contributed by atoms with E-state index < -0.39 is 0 Å². The molecule has 0 amide bonds. The summed E-state index contributed by atoms with van der Waals surface area (Å²) in [5.41, 5.74) is 1.95. The summed E-state index contributed by atoms with van der Waals surface area (Å²) in [7, 11) is 0. The standard InChI is InChI=1S/C22H32O2/c1-4-20(24)19-8-7-17-16-6-5-14-13-15(23)9-11-21(14,2)18(16)10-12-22(17,19)3/h13,16-19H,4-12H2,1-3H3/t16?,17?,18?,19-,21-,22-/m0/s1. The second-order valence-corrected chi connectivity index (χ2v) is 9.46. The van der Waals surface area contributed by atoms with Crippen molar-refractivity contribution >= 4 is 11.6 Å². The molecule has 0 aromatic rings. The highest BCUT2D eigenvalue weighted by molar-refractivity contribution is 5.91. The third-order valence-corrected chi connectivity index (χ3v) is 8.70. The predicted molar refractivity (Wildman–Crippen MR) is 95.5 cm³/mol. The molecule has 0 aromatic carbocycles. The van der Waals surface area contributed by atoms with Gasteiger partial charge in [0.05, 0.1) is 0 Å². The summed E-state index contributed by atoms with van der Waals surface area (Å²) in [6.45, 7) is 6.90. The van der Waals surface area contributed by atoms with Gasteiger partial charge in [0.15, 0.2) is 5.78 Å². The number of carbonyl (C=O) groups is 2. The number of ketones is 2. The molecule has 3 fully saturated rings. The normalized spacial score (nSPS) is 47.5. The Morgan fingerprint density at radius 1 is 1.08 bits per heavy atom. The second-order valence-electron chi connectivity index (χ2n) is 9.46. The van der Waals surface area contributed by atoms with Crippen molar-refractivity contribution in [3.8, 4) is 0 Å². The van der Waals surface area contributed by atoms with Crippen molar-refractivity contribution < 1.29 is 9.59 Å². The topological polar surface area (TPSA) is 34.1 Å². The van der Waals surface area contributed by atoms with E-state index in [9.17, 15) is 9.59 Å². The molecule has 4 aliphatic rings. The van der Waals surface area contributed by atoms with Crippen molar-refractivity contribution in [3.63, 3.8) is 0 Å². The maximum absolute atomic E-state index is 12.5. The molecule has 0 aromatic heterocycles. The lowest BCUT2D eigenvalue weighted by Crippen LogP contribution is -2.51. The van der Waals surface area contributed by atoms with Gasteiger partial charge in [-0.2, -0.15) is 0 Å². The number of hydrogen-bond donors (Lipinski definition) is 0. The van der Waals surface area contributed by atoms with Crippen molar-refractivity contribution in [1.29, 1.82) is 0 Å². The van der Waals surface area contributed by atoms with E-state index in [1.807, 2.05) is 13.0 Å². The molecule has 0 saturated heterocycles. The van der Waals surface area contributed by atoms with Gasteiger partial charge in [-0.05, 0) is 79.6 Å². The number of carbonyl (C=O) groups excluding carboxylic acids is 2. The Kier molecular flexibility index (Phi) is 3.82. The molecule has 4 rings (SSSR count). The molecule has 132 valence electrons. The summed E-state index contributed by atoms with van der Waals surface area (Å²) in [5.74, 6) is 3.40. The largest absolute Gasteiger partial charge is 0.299 e. The highest BCUT2D eigenvalue weighted by Gasteiger charge is 2.59. The number of hydrogen-bond acceptors (Lipinski definition) is 2. The van der Waals surface area contributed by atoms with Crippen molar-refractivity contribution in [1.82, 2.24) is 0 Å². The van der Waals surface area contributed by atoms with Gasteiger partial charge in [-0.1, -0.05) is 26.3 Å². The maximum atomic E-state index is 12.5. The molecule has 4 aliphatic carbocycles. The highest BCUT2D eigenvalue weighted by Crippen LogP contribution is 2.66. The number of rotatable bonds is 2. The fraction of sp³-hybridized carbons (Fsp3) is 0.818. The molecule has 3 unspecified atom stereocenters. The van der Waals surface area contributed by atoms with Crippen LogP contribution in [0.3, 0.4) is 0 Å². The van der Waals surface area contributed by atoms with Crippen LogP contribution in [0.2, 0.25) is 0 Å². The zero-order chi connectivity index (χ0) is 17.1. The van der Waals surface area contributed by atoms with Crippen molar-refractivity contribution in [2.45, 2.75) is 78.6 Å². The Labute approximate surface area is 146 Å². The van der Waals surface area contributed by atoms with Crippen LogP contribution in [0.1, 0.15) is 78.6 Å². The van der Waals surface area contributed by atoms with Gasteiger partial charge in [0.2, 0.25) is 0 Å². The average Bonchev–Trinajstić information content (AvgIpc) is 2.92. The smallest absolute Gasteiger partial charge is 0.155 e. The Balaban J connectivity index is 1.65. The van der Waals surface area contributed by atoms with Gasteiger partial charge < -0.3 is 0 Å². The van der Waals surface area contributed by atoms with Gasteiger partial charge in [-0.25, -0.2) is 0 Å². The molecule has 0 heterocycles. The van der Waals surface area contributed by atoms with E-state index in [4.69, 9.17) is 0 Å². The molecular formula is C22H32O2. The van der Waals surface area contributed by atoms with Crippen LogP contribution >= 0.6 is 0 Å². The molecule has 0 bridgehead atoms. The molecule has 0 N–H and O–H groups in total. The van der Waals surface area contributed by atoms with Crippen LogP contribution in [0, 0.1) is 34.5 Å². The van der Waals surface area contributed by atoms with E-state index in [0.29, 0.717) is 23.9 Å². The van der Waals surface area contributed by atoms with E-state index in [1.54, 1.807) is 0 Å². The number of allylic oxidation sites excluding steroid dienone is 1. The zero-order valence-electron chi connectivity index (χ0n) is 15.6. The first kappa shape index (κ1) is 16.5. The van der Waals surface area contributed by atoms with E-state index in [1.165, 1.54) is 31.3 Å². The molecule has 0 spiro atoms. The molecule has 0 aliphatic heterocycles. The van der Waals surface area contributed by atoms with Crippen LogP contribution in [-0.4, -0.2) is 11.6 Å². The zero-order valence-corrected chi connectivity index (χ0v) is 15.6. The van der Waals surface area contributed by atoms with Crippen LogP contribution in [0.5, 0.6) is 0 Å². The monoisotopic (exact) mass is 328 g/mol. The van der Waals surface area contributed by atoms with Gasteiger partial charge in [0.25, 0.3) is 0 Å². The molecule has 2 heteroatoms. The SMILES string of the molecule is CCC(=O)[C@@H]1CCC2C3CCC4=CC(=O)CC[C@]4(C)C3CC[C@@]21C. The lowest BCUT2D eigenvalue weighted by molar-refractivity contribution is -0.130. The minimum Gasteiger partial charge on any atom is -0.299 e. The quantitative estimate of drug-likeness (QED) is 0.705. The van der Waals surface area contributed by atoms with Crippen molar-refractivity contribution in [2.75, 3.05) is 0 Å². The van der Waals surface area contributed by atoms with Gasteiger partial charge in [0, 0.05) is 18.8 Å². The van der Waals surface area contributed by atoms with Gasteiger partial charge in [0.1, 0.15) is 5.78 Å². The summed E-state index contributed by atoms with van der Waals surface area (Å²) in [4.78, 5) is 24.4. The highest BCUT2D eigenvalue weighted by atomic mass is 16.1. The number of fused-ring (bicyclic) bond motifs is 5. The summed E-state index contributed by atoms with van der Waals surface area (Å²) < 4.78 is 0. The molecular weight excluding hydrogens is 296 g/mol. The maximum Gasteiger partial charge on any atom is 0.155 e. The first-order chi connectivity index (χ1) is 11.4. The van der Waals surface area contributed by atoms with E-state index >= 15 is 0 Å². The van der Waals surface area contributed by atoms with E-state index in [0.717, 1.165) is 43.4 Å². The summed E-state index contributed by atoms with van der Waals surface area (Å²) in [5, 5.41) is 0. The second kappa shape index (κ2) is 5.54. The first-order valence-electron chi connectivity index (χ1n) is 10.2. The van der Waals surface area contributed by atoms with E-state index in [-0.39, 0.29) is 10.8 Å². The molecule has 24 heavy (non-hydrogen) atoms. The van der Waals surface area contributed by atoms with Gasteiger partial charge >= 0.3 is 0 Å². The lowest BCUT2D eigenvalue weighted by Gasteiger charge is -2.58. The van der Waals surface area contributed by atoms with Crippen LogP contribution in [0.25, 0.3) is 0 Å². The van der Waals surface area contributed by atoms with Crippen LogP contribution in [0.15, 0.2) is 11.6 Å². The molecule has 3 saturated carbocycles. The average molecular weight is 328 g/mol. The Bertz CT molecular complexity index is 603. The summed E-state index contributed by atoms with van der Waals surface area (Å²) in [6.07, 6.45) is 11.7. The summed E-state index contributed by atoms with van der Waals surface area (Å²) >= 11 is 0. The number of Topliss-reactive ketones (excluding diaryl/α,β-unsaturated/α-hetero) is 1.